The Morgan fingerprint density at radius 3 is 2.71 bits per heavy atom. The second kappa shape index (κ2) is 6.03. The van der Waals surface area contributed by atoms with Crippen LogP contribution < -0.4 is 10.5 Å². The van der Waals surface area contributed by atoms with Crippen LogP contribution in [0.15, 0.2) is 18.2 Å². The molecule has 17 heavy (non-hydrogen) atoms. The number of carbonyl (C=O) groups is 1. The van der Waals surface area contributed by atoms with E-state index < -0.39 is 19.0 Å². The fourth-order valence-corrected chi connectivity index (χ4v) is 1.21. The van der Waals surface area contributed by atoms with Crippen molar-refractivity contribution in [3.8, 4) is 5.75 Å². The van der Waals surface area contributed by atoms with Crippen molar-refractivity contribution in [3.63, 3.8) is 0 Å². The molecule has 2 N–H and O–H groups in total. The van der Waals surface area contributed by atoms with Gasteiger partial charge in [0.1, 0.15) is 5.75 Å². The molecule has 0 aliphatic rings. The number of nitrogens with two attached hydrogens (primary N) is 1. The molecular weight excluding hydrogens is 232 g/mol. The van der Waals surface area contributed by atoms with E-state index in [9.17, 15) is 13.6 Å². The summed E-state index contributed by atoms with van der Waals surface area (Å²) in [7, 11) is 0. The van der Waals surface area contributed by atoms with Crippen molar-refractivity contribution in [1.29, 1.82) is 0 Å². The minimum Gasteiger partial charge on any atom is -0.494 e. The smallest absolute Gasteiger partial charge is 0.338 e. The average Bonchev–Trinajstić information content (AvgIpc) is 2.25. The van der Waals surface area contributed by atoms with E-state index in [1.807, 2.05) is 0 Å². The van der Waals surface area contributed by atoms with Gasteiger partial charge in [0.15, 0.2) is 6.61 Å². The maximum absolute atomic E-state index is 11.9. The Hall–Kier alpha value is -1.85. The molecule has 0 aliphatic heterocycles. The molecule has 0 aliphatic carbocycles. The van der Waals surface area contributed by atoms with Gasteiger partial charge in [-0.2, -0.15) is 0 Å². The Bertz CT molecular complexity index is 396. The first kappa shape index (κ1) is 13.2. The summed E-state index contributed by atoms with van der Waals surface area (Å²) < 4.78 is 33.3. The van der Waals surface area contributed by atoms with E-state index in [0.29, 0.717) is 18.0 Å². The van der Waals surface area contributed by atoms with Crippen LogP contribution in [0.4, 0.5) is 14.5 Å². The van der Waals surface area contributed by atoms with E-state index in [2.05, 4.69) is 4.74 Å². The van der Waals surface area contributed by atoms with Gasteiger partial charge >= 0.3 is 5.97 Å². The Morgan fingerprint density at radius 1 is 1.41 bits per heavy atom. The number of hydrogen-bond donors (Lipinski definition) is 1. The topological polar surface area (TPSA) is 61.5 Å². The minimum absolute atomic E-state index is 0.0918. The first-order valence-electron chi connectivity index (χ1n) is 5.01. The van der Waals surface area contributed by atoms with Gasteiger partial charge in [0, 0.05) is 11.8 Å². The highest BCUT2D eigenvalue weighted by atomic mass is 19.3. The fourth-order valence-electron chi connectivity index (χ4n) is 1.21. The molecule has 1 aromatic rings. The number of benzene rings is 1. The highest BCUT2D eigenvalue weighted by Crippen LogP contribution is 2.19. The highest BCUT2D eigenvalue weighted by Gasteiger charge is 2.12. The minimum atomic E-state index is -2.69. The molecule has 0 aromatic heterocycles. The van der Waals surface area contributed by atoms with Crippen LogP contribution in [0.1, 0.15) is 17.3 Å². The van der Waals surface area contributed by atoms with E-state index >= 15 is 0 Å². The van der Waals surface area contributed by atoms with Crippen LogP contribution in [-0.2, 0) is 4.74 Å². The maximum atomic E-state index is 11.9. The zero-order chi connectivity index (χ0) is 12.8. The molecular formula is C11H13F2NO3. The molecule has 0 heterocycles. The molecule has 0 saturated carbocycles. The SMILES string of the molecule is CCOc1cc(N)cc(C(=O)OCC(F)F)c1. The van der Waals surface area contributed by atoms with Gasteiger partial charge in [-0.05, 0) is 19.1 Å². The third-order valence-corrected chi connectivity index (χ3v) is 1.82. The molecule has 94 valence electrons. The van der Waals surface area contributed by atoms with E-state index in [4.69, 9.17) is 10.5 Å². The summed E-state index contributed by atoms with van der Waals surface area (Å²) in [5.41, 5.74) is 5.94. The molecule has 6 heteroatoms. The highest BCUT2D eigenvalue weighted by molar-refractivity contribution is 5.91. The number of hydrogen-bond acceptors (Lipinski definition) is 4. The molecule has 0 spiro atoms. The number of ether oxygens (including phenoxy) is 2. The Morgan fingerprint density at radius 2 is 2.12 bits per heavy atom. The lowest BCUT2D eigenvalue weighted by molar-refractivity contribution is 0.0160. The summed E-state index contributed by atoms with van der Waals surface area (Å²) in [6.45, 7) is 1.25. The number of alkyl halides is 2. The molecule has 4 nitrogen and oxygen atoms in total. The van der Waals surface area contributed by atoms with Crippen molar-refractivity contribution in [2.75, 3.05) is 18.9 Å². The van der Waals surface area contributed by atoms with E-state index in [1.165, 1.54) is 18.2 Å². The van der Waals surface area contributed by atoms with Crippen LogP contribution in [0.25, 0.3) is 0 Å². The van der Waals surface area contributed by atoms with Crippen LogP contribution in [0.2, 0.25) is 0 Å². The number of halogens is 2. The van der Waals surface area contributed by atoms with Gasteiger partial charge < -0.3 is 15.2 Å². The second-order valence-corrected chi connectivity index (χ2v) is 3.21. The third kappa shape index (κ3) is 4.26. The Labute approximate surface area is 97.3 Å². The van der Waals surface area contributed by atoms with E-state index in [1.54, 1.807) is 6.92 Å². The van der Waals surface area contributed by atoms with Crippen molar-refractivity contribution in [3.05, 3.63) is 23.8 Å². The maximum Gasteiger partial charge on any atom is 0.338 e. The van der Waals surface area contributed by atoms with Gasteiger partial charge in [0.05, 0.1) is 12.2 Å². The summed E-state index contributed by atoms with van der Waals surface area (Å²) >= 11 is 0. The van der Waals surface area contributed by atoms with Gasteiger partial charge in [-0.1, -0.05) is 0 Å². The zero-order valence-electron chi connectivity index (χ0n) is 9.28. The van der Waals surface area contributed by atoms with Crippen LogP contribution >= 0.6 is 0 Å². The van der Waals surface area contributed by atoms with Gasteiger partial charge in [-0.25, -0.2) is 13.6 Å². The number of rotatable bonds is 5. The van der Waals surface area contributed by atoms with Crippen molar-refractivity contribution >= 4 is 11.7 Å². The Balaban J connectivity index is 2.78. The fraction of sp³-hybridized carbons (Fsp3) is 0.364. The molecule has 0 bridgehead atoms. The van der Waals surface area contributed by atoms with Gasteiger partial charge in [-0.15, -0.1) is 0 Å². The standard InChI is InChI=1S/C11H13F2NO3/c1-2-16-9-4-7(3-8(14)5-9)11(15)17-6-10(12)13/h3-5,10H,2,6,14H2,1H3. The molecule has 0 fully saturated rings. The lowest BCUT2D eigenvalue weighted by Gasteiger charge is -2.08. The molecule has 0 saturated heterocycles. The molecule has 0 atom stereocenters. The number of carbonyl (C=O) groups excluding carboxylic acids is 1. The van der Waals surface area contributed by atoms with Gasteiger partial charge in [0.25, 0.3) is 6.43 Å². The molecule has 0 radical (unpaired) electrons. The number of esters is 1. The Kier molecular flexibility index (Phi) is 4.68. The van der Waals surface area contributed by atoms with Crippen molar-refractivity contribution in [1.82, 2.24) is 0 Å². The first-order chi connectivity index (χ1) is 8.02. The predicted molar refractivity (Wildman–Crippen MR) is 58.3 cm³/mol. The van der Waals surface area contributed by atoms with Crippen molar-refractivity contribution in [2.45, 2.75) is 13.3 Å². The summed E-state index contributed by atoms with van der Waals surface area (Å²) in [5, 5.41) is 0. The summed E-state index contributed by atoms with van der Waals surface area (Å²) in [6.07, 6.45) is -2.69. The summed E-state index contributed by atoms with van der Waals surface area (Å²) in [4.78, 5) is 11.4. The van der Waals surface area contributed by atoms with Crippen LogP contribution in [0.5, 0.6) is 5.75 Å². The third-order valence-electron chi connectivity index (χ3n) is 1.82. The monoisotopic (exact) mass is 245 g/mol. The summed E-state index contributed by atoms with van der Waals surface area (Å²) in [5.74, 6) is -0.449. The lowest BCUT2D eigenvalue weighted by atomic mass is 10.2. The molecule has 1 rings (SSSR count). The van der Waals surface area contributed by atoms with Crippen LogP contribution in [0.3, 0.4) is 0 Å². The normalized spacial score (nSPS) is 10.4. The van der Waals surface area contributed by atoms with Crippen LogP contribution in [0, 0.1) is 0 Å². The average molecular weight is 245 g/mol. The number of nitrogen functional groups attached to an aromatic ring is 1. The van der Waals surface area contributed by atoms with E-state index in [-0.39, 0.29) is 5.56 Å². The van der Waals surface area contributed by atoms with E-state index in [0.717, 1.165) is 0 Å². The molecule has 0 unspecified atom stereocenters. The second-order valence-electron chi connectivity index (χ2n) is 3.21. The van der Waals surface area contributed by atoms with Gasteiger partial charge in [0.2, 0.25) is 0 Å². The summed E-state index contributed by atoms with van der Waals surface area (Å²) in [6, 6.07) is 4.28. The van der Waals surface area contributed by atoms with Gasteiger partial charge in [-0.3, -0.25) is 0 Å². The molecule has 0 amide bonds. The predicted octanol–water partition coefficient (Wildman–Crippen LogP) is 2.09. The first-order valence-corrected chi connectivity index (χ1v) is 5.01. The van der Waals surface area contributed by atoms with Crippen LogP contribution in [-0.4, -0.2) is 25.6 Å². The number of anilines is 1. The largest absolute Gasteiger partial charge is 0.494 e. The quantitative estimate of drug-likeness (QED) is 0.637. The van der Waals surface area contributed by atoms with Crippen molar-refractivity contribution in [2.24, 2.45) is 0 Å². The van der Waals surface area contributed by atoms with Crippen molar-refractivity contribution < 1.29 is 23.0 Å². The zero-order valence-corrected chi connectivity index (χ0v) is 9.28. The molecule has 1 aromatic carbocycles. The lowest BCUT2D eigenvalue weighted by Crippen LogP contribution is -2.12.